The average molecular weight is 500 g/mol. The molecular weight excluding hydrogens is 474 g/mol. The van der Waals surface area contributed by atoms with Crippen LogP contribution in [0.15, 0.2) is 72.6 Å². The van der Waals surface area contributed by atoms with Gasteiger partial charge < -0.3 is 9.84 Å². The smallest absolute Gasteiger partial charge is 0.301 e. The van der Waals surface area contributed by atoms with Gasteiger partial charge in [0.1, 0.15) is 11.5 Å². The molecule has 1 N–H and O–H groups in total. The van der Waals surface area contributed by atoms with E-state index < -0.39 is 17.7 Å². The Morgan fingerprint density at radius 3 is 2.44 bits per heavy atom. The van der Waals surface area contributed by atoms with Gasteiger partial charge in [0.15, 0.2) is 5.13 Å². The zero-order chi connectivity index (χ0) is 25.6. The average Bonchev–Trinajstić information content (AvgIpc) is 3.41. The number of aromatic nitrogens is 2. The van der Waals surface area contributed by atoms with Gasteiger partial charge in [-0.3, -0.25) is 19.5 Å². The summed E-state index contributed by atoms with van der Waals surface area (Å²) in [5.74, 6) is -1.06. The standard InChI is InChI=1S/C28H25N3O4S/c1-28(2,3)18-15-17(9-10-20(18)35-4)24(32)22-23(16-11-13-29-14-12-16)31(26(34)25(22)33)27-30-19-7-5-6-8-21(19)36-27/h5-15,23,32H,1-4H3/b24-22+. The molecule has 1 aliphatic heterocycles. The molecule has 1 aliphatic rings. The van der Waals surface area contributed by atoms with Gasteiger partial charge in [-0.15, -0.1) is 0 Å². The summed E-state index contributed by atoms with van der Waals surface area (Å²) in [7, 11) is 1.59. The number of aliphatic hydroxyl groups is 1. The van der Waals surface area contributed by atoms with Gasteiger partial charge in [-0.1, -0.05) is 44.2 Å². The topological polar surface area (TPSA) is 92.6 Å². The second-order valence-electron chi connectivity index (χ2n) is 9.58. The molecule has 8 heteroatoms. The van der Waals surface area contributed by atoms with Crippen LogP contribution in [0, 0.1) is 0 Å². The number of carbonyl (C=O) groups is 2. The molecule has 1 atom stereocenters. The predicted molar refractivity (Wildman–Crippen MR) is 140 cm³/mol. The quantitative estimate of drug-likeness (QED) is 0.222. The Hall–Kier alpha value is -4.04. The van der Waals surface area contributed by atoms with E-state index in [9.17, 15) is 14.7 Å². The summed E-state index contributed by atoms with van der Waals surface area (Å²) in [4.78, 5) is 36.9. The van der Waals surface area contributed by atoms with Gasteiger partial charge in [0.25, 0.3) is 5.78 Å². The number of rotatable bonds is 4. The van der Waals surface area contributed by atoms with Crippen LogP contribution in [0.3, 0.4) is 0 Å². The number of methoxy groups -OCH3 is 1. The second kappa shape index (κ2) is 8.87. The van der Waals surface area contributed by atoms with Crippen molar-refractivity contribution in [2.45, 2.75) is 32.2 Å². The number of carbonyl (C=O) groups excluding carboxylic acids is 2. The number of Topliss-reactive ketones (excluding diaryl/α,β-unsaturated/α-hetero) is 1. The number of thiazole rings is 1. The Kier molecular flexibility index (Phi) is 5.84. The summed E-state index contributed by atoms with van der Waals surface area (Å²) in [6.45, 7) is 6.12. The maximum Gasteiger partial charge on any atom is 0.301 e. The third-order valence-electron chi connectivity index (χ3n) is 6.24. The fraction of sp³-hybridized carbons (Fsp3) is 0.214. The van der Waals surface area contributed by atoms with Crippen molar-refractivity contribution < 1.29 is 19.4 Å². The highest BCUT2D eigenvalue weighted by Crippen LogP contribution is 2.44. The minimum atomic E-state index is -0.853. The number of para-hydroxylation sites is 1. The SMILES string of the molecule is COc1ccc(/C(O)=C2\C(=O)C(=O)N(c3nc4ccccc4s3)C2c2ccncc2)cc1C(C)(C)C. The van der Waals surface area contributed by atoms with E-state index in [0.717, 1.165) is 15.8 Å². The van der Waals surface area contributed by atoms with Crippen molar-refractivity contribution in [1.82, 2.24) is 9.97 Å². The van der Waals surface area contributed by atoms with E-state index in [-0.39, 0.29) is 16.7 Å². The Morgan fingerprint density at radius 1 is 1.06 bits per heavy atom. The molecule has 2 aromatic heterocycles. The number of benzene rings is 2. The minimum Gasteiger partial charge on any atom is -0.507 e. The van der Waals surface area contributed by atoms with Crippen LogP contribution in [0.5, 0.6) is 5.75 Å². The lowest BCUT2D eigenvalue weighted by Crippen LogP contribution is -2.29. The number of aliphatic hydroxyl groups excluding tert-OH is 1. The highest BCUT2D eigenvalue weighted by Gasteiger charge is 2.48. The van der Waals surface area contributed by atoms with Crippen LogP contribution >= 0.6 is 11.3 Å². The number of anilines is 1. The van der Waals surface area contributed by atoms with Gasteiger partial charge in [0.05, 0.1) is 28.9 Å². The van der Waals surface area contributed by atoms with Crippen molar-refractivity contribution in [3.63, 3.8) is 0 Å². The molecule has 36 heavy (non-hydrogen) atoms. The molecule has 0 aliphatic carbocycles. The highest BCUT2D eigenvalue weighted by atomic mass is 32.1. The molecule has 5 rings (SSSR count). The number of fused-ring (bicyclic) bond motifs is 1. The molecule has 1 fully saturated rings. The van der Waals surface area contributed by atoms with E-state index >= 15 is 0 Å². The third kappa shape index (κ3) is 3.93. The van der Waals surface area contributed by atoms with Gasteiger partial charge in [0, 0.05) is 23.5 Å². The summed E-state index contributed by atoms with van der Waals surface area (Å²) >= 11 is 1.32. The molecule has 0 saturated carbocycles. The monoisotopic (exact) mass is 499 g/mol. The van der Waals surface area contributed by atoms with Crippen LogP contribution < -0.4 is 9.64 Å². The van der Waals surface area contributed by atoms with E-state index in [1.165, 1.54) is 16.2 Å². The summed E-state index contributed by atoms with van der Waals surface area (Å²) in [5, 5.41) is 11.9. The molecule has 7 nitrogen and oxygen atoms in total. The maximum absolute atomic E-state index is 13.4. The first-order chi connectivity index (χ1) is 17.2. The molecule has 0 radical (unpaired) electrons. The van der Waals surface area contributed by atoms with Crippen molar-refractivity contribution in [3.05, 3.63) is 89.3 Å². The molecule has 2 aromatic carbocycles. The lowest BCUT2D eigenvalue weighted by Gasteiger charge is -2.24. The summed E-state index contributed by atoms with van der Waals surface area (Å²) in [6, 6.07) is 15.4. The number of amides is 1. The number of hydrogen-bond acceptors (Lipinski definition) is 7. The van der Waals surface area contributed by atoms with Crippen molar-refractivity contribution in [2.75, 3.05) is 12.0 Å². The van der Waals surface area contributed by atoms with Crippen molar-refractivity contribution in [2.24, 2.45) is 0 Å². The summed E-state index contributed by atoms with van der Waals surface area (Å²) in [5.41, 5.74) is 2.42. The van der Waals surface area contributed by atoms with Crippen molar-refractivity contribution >= 4 is 44.1 Å². The number of ether oxygens (including phenoxy) is 1. The fourth-order valence-corrected chi connectivity index (χ4v) is 5.44. The number of hydrogen-bond donors (Lipinski definition) is 1. The van der Waals surface area contributed by atoms with E-state index in [4.69, 9.17) is 4.74 Å². The van der Waals surface area contributed by atoms with Crippen LogP contribution in [-0.4, -0.2) is 33.9 Å². The third-order valence-corrected chi connectivity index (χ3v) is 7.27. The molecule has 1 amide bonds. The highest BCUT2D eigenvalue weighted by molar-refractivity contribution is 7.22. The number of ketones is 1. The first-order valence-corrected chi connectivity index (χ1v) is 12.3. The summed E-state index contributed by atoms with van der Waals surface area (Å²) < 4.78 is 6.42. The molecule has 4 aromatic rings. The minimum absolute atomic E-state index is 0.00971. The van der Waals surface area contributed by atoms with Crippen LogP contribution in [0.4, 0.5) is 5.13 Å². The van der Waals surface area contributed by atoms with Gasteiger partial charge in [-0.25, -0.2) is 4.98 Å². The first kappa shape index (κ1) is 23.7. The first-order valence-electron chi connectivity index (χ1n) is 11.5. The maximum atomic E-state index is 13.4. The Morgan fingerprint density at radius 2 is 1.78 bits per heavy atom. The number of nitrogens with zero attached hydrogens (tertiary/aromatic N) is 3. The van der Waals surface area contributed by atoms with Gasteiger partial charge in [-0.05, 0) is 53.4 Å². The van der Waals surface area contributed by atoms with E-state index in [0.29, 0.717) is 22.0 Å². The largest absolute Gasteiger partial charge is 0.507 e. The fourth-order valence-electron chi connectivity index (χ4n) is 4.45. The van der Waals surface area contributed by atoms with E-state index in [1.807, 2.05) is 51.1 Å². The second-order valence-corrected chi connectivity index (χ2v) is 10.6. The zero-order valence-electron chi connectivity index (χ0n) is 20.4. The molecule has 0 spiro atoms. The Balaban J connectivity index is 1.72. The number of pyridine rings is 1. The lowest BCUT2D eigenvalue weighted by molar-refractivity contribution is -0.132. The van der Waals surface area contributed by atoms with Gasteiger partial charge >= 0.3 is 5.91 Å². The zero-order valence-corrected chi connectivity index (χ0v) is 21.2. The van der Waals surface area contributed by atoms with Crippen molar-refractivity contribution in [3.8, 4) is 5.75 Å². The van der Waals surface area contributed by atoms with E-state index in [2.05, 4.69) is 9.97 Å². The van der Waals surface area contributed by atoms with Crippen LogP contribution in [-0.2, 0) is 15.0 Å². The van der Waals surface area contributed by atoms with Crippen LogP contribution in [0.2, 0.25) is 0 Å². The normalized spacial score (nSPS) is 17.7. The molecule has 3 heterocycles. The molecular formula is C28H25N3O4S. The Labute approximate surface area is 212 Å². The molecule has 182 valence electrons. The van der Waals surface area contributed by atoms with Crippen molar-refractivity contribution in [1.29, 1.82) is 0 Å². The molecule has 0 bridgehead atoms. The van der Waals surface area contributed by atoms with Gasteiger partial charge in [0.2, 0.25) is 0 Å². The summed E-state index contributed by atoms with van der Waals surface area (Å²) in [6.07, 6.45) is 3.19. The molecule has 1 saturated heterocycles. The molecule has 1 unspecified atom stereocenters. The Bertz CT molecular complexity index is 1490. The predicted octanol–water partition coefficient (Wildman–Crippen LogP) is 5.62. The van der Waals surface area contributed by atoms with Gasteiger partial charge in [-0.2, -0.15) is 0 Å². The lowest BCUT2D eigenvalue weighted by atomic mass is 9.84. The van der Waals surface area contributed by atoms with E-state index in [1.54, 1.807) is 43.8 Å². The van der Waals surface area contributed by atoms with Crippen LogP contribution in [0.25, 0.3) is 16.0 Å². The van der Waals surface area contributed by atoms with Crippen LogP contribution in [0.1, 0.15) is 43.5 Å².